The lowest BCUT2D eigenvalue weighted by atomic mass is 10.2. The number of rotatable bonds is 2. The van der Waals surface area contributed by atoms with E-state index >= 15 is 0 Å². The van der Waals surface area contributed by atoms with Gasteiger partial charge in [0.05, 0.1) is 18.8 Å². The first-order valence-electron chi connectivity index (χ1n) is 5.45. The Labute approximate surface area is 105 Å². The fourth-order valence-corrected chi connectivity index (χ4v) is 1.96. The molecule has 4 nitrogen and oxygen atoms in total. The molecule has 0 saturated heterocycles. The molecular formula is C12H14ClNO3. The van der Waals surface area contributed by atoms with E-state index in [1.165, 1.54) is 0 Å². The largest absolute Gasteiger partial charge is 0.475 e. The number of carbonyl (C=O) groups excluding carboxylic acids is 1. The predicted octanol–water partition coefficient (Wildman–Crippen LogP) is 2.10. The van der Waals surface area contributed by atoms with Crippen molar-refractivity contribution in [1.82, 2.24) is 0 Å². The average Bonchev–Trinajstić information content (AvgIpc) is 2.28. The van der Waals surface area contributed by atoms with Gasteiger partial charge in [0.2, 0.25) is 6.10 Å². The molecule has 1 unspecified atom stereocenters. The van der Waals surface area contributed by atoms with Gasteiger partial charge in [-0.15, -0.1) is 0 Å². The summed E-state index contributed by atoms with van der Waals surface area (Å²) in [6, 6.07) is 5.38. The molecule has 92 valence electrons. The van der Waals surface area contributed by atoms with Crippen LogP contribution in [0.2, 0.25) is 5.02 Å². The zero-order chi connectivity index (χ0) is 12.4. The number of hydrogen-bond donors (Lipinski definition) is 0. The van der Waals surface area contributed by atoms with E-state index in [9.17, 15) is 4.79 Å². The van der Waals surface area contributed by atoms with Crippen LogP contribution < -0.4 is 9.64 Å². The highest BCUT2D eigenvalue weighted by atomic mass is 35.5. The summed E-state index contributed by atoms with van der Waals surface area (Å²) in [4.78, 5) is 13.6. The van der Waals surface area contributed by atoms with Crippen molar-refractivity contribution >= 4 is 23.3 Å². The van der Waals surface area contributed by atoms with Gasteiger partial charge in [-0.1, -0.05) is 11.6 Å². The maximum Gasteiger partial charge on any atom is 0.349 e. The summed E-state index contributed by atoms with van der Waals surface area (Å²) in [5.41, 5.74) is 0.926. The van der Waals surface area contributed by atoms with Gasteiger partial charge in [-0.25, -0.2) is 4.79 Å². The molecule has 1 aromatic rings. The summed E-state index contributed by atoms with van der Waals surface area (Å²) >= 11 is 5.90. The second-order valence-electron chi connectivity index (χ2n) is 3.85. The van der Waals surface area contributed by atoms with Gasteiger partial charge in [0, 0.05) is 18.1 Å². The normalized spacial score (nSPS) is 18.3. The van der Waals surface area contributed by atoms with Crippen LogP contribution in [0.4, 0.5) is 5.69 Å². The molecule has 0 N–H and O–H groups in total. The van der Waals surface area contributed by atoms with Crippen molar-refractivity contribution in [2.75, 3.05) is 25.1 Å². The smallest absolute Gasteiger partial charge is 0.349 e. The van der Waals surface area contributed by atoms with E-state index in [4.69, 9.17) is 21.1 Å². The maximum absolute atomic E-state index is 11.6. The van der Waals surface area contributed by atoms with Crippen molar-refractivity contribution in [3.63, 3.8) is 0 Å². The molecule has 1 atom stereocenters. The van der Waals surface area contributed by atoms with Gasteiger partial charge in [-0.05, 0) is 19.1 Å². The van der Waals surface area contributed by atoms with Gasteiger partial charge < -0.3 is 14.4 Å². The van der Waals surface area contributed by atoms with E-state index in [1.54, 1.807) is 19.1 Å². The van der Waals surface area contributed by atoms with Crippen molar-refractivity contribution in [2.24, 2.45) is 0 Å². The number of likely N-dealkylation sites (N-methyl/N-ethyl adjacent to an activating group) is 1. The third kappa shape index (κ3) is 2.47. The number of nitrogens with zero attached hydrogens (tertiary/aromatic N) is 1. The molecule has 1 aliphatic heterocycles. The monoisotopic (exact) mass is 255 g/mol. The molecule has 0 amide bonds. The Bertz CT molecular complexity index is 436. The Morgan fingerprint density at radius 2 is 2.41 bits per heavy atom. The van der Waals surface area contributed by atoms with Gasteiger partial charge in [-0.3, -0.25) is 0 Å². The van der Waals surface area contributed by atoms with E-state index in [1.807, 2.05) is 18.0 Å². The molecule has 2 rings (SSSR count). The van der Waals surface area contributed by atoms with Gasteiger partial charge in [0.25, 0.3) is 0 Å². The Morgan fingerprint density at radius 1 is 1.65 bits per heavy atom. The molecule has 17 heavy (non-hydrogen) atoms. The fourth-order valence-electron chi connectivity index (χ4n) is 1.79. The highest BCUT2D eigenvalue weighted by Gasteiger charge is 2.30. The summed E-state index contributed by atoms with van der Waals surface area (Å²) in [6.07, 6.45) is -0.592. The zero-order valence-electron chi connectivity index (χ0n) is 9.77. The first-order valence-corrected chi connectivity index (χ1v) is 5.83. The van der Waals surface area contributed by atoms with Crippen LogP contribution in [-0.2, 0) is 9.53 Å². The third-order valence-electron chi connectivity index (χ3n) is 2.59. The summed E-state index contributed by atoms with van der Waals surface area (Å²) in [6.45, 7) is 2.60. The van der Waals surface area contributed by atoms with Crippen molar-refractivity contribution in [2.45, 2.75) is 13.0 Å². The summed E-state index contributed by atoms with van der Waals surface area (Å²) in [7, 11) is 1.90. The lowest BCUT2D eigenvalue weighted by molar-refractivity contribution is -0.151. The lowest BCUT2D eigenvalue weighted by Gasteiger charge is -2.32. The summed E-state index contributed by atoms with van der Waals surface area (Å²) in [5, 5.41) is 0.585. The highest BCUT2D eigenvalue weighted by Crippen LogP contribution is 2.34. The number of ether oxygens (including phenoxy) is 2. The first kappa shape index (κ1) is 12.0. The van der Waals surface area contributed by atoms with E-state index < -0.39 is 6.10 Å². The number of hydrogen-bond acceptors (Lipinski definition) is 4. The number of benzene rings is 1. The zero-order valence-corrected chi connectivity index (χ0v) is 10.5. The maximum atomic E-state index is 11.6. The second-order valence-corrected chi connectivity index (χ2v) is 4.29. The van der Waals surface area contributed by atoms with Crippen LogP contribution in [0.5, 0.6) is 5.75 Å². The Morgan fingerprint density at radius 3 is 3.12 bits per heavy atom. The van der Waals surface area contributed by atoms with Gasteiger partial charge in [0.1, 0.15) is 5.75 Å². The van der Waals surface area contributed by atoms with Crippen molar-refractivity contribution in [1.29, 1.82) is 0 Å². The number of anilines is 1. The molecule has 0 saturated carbocycles. The number of esters is 1. The fraction of sp³-hybridized carbons (Fsp3) is 0.417. The average molecular weight is 256 g/mol. The molecule has 0 radical (unpaired) electrons. The van der Waals surface area contributed by atoms with Crippen LogP contribution in [0.25, 0.3) is 0 Å². The molecule has 0 fully saturated rings. The highest BCUT2D eigenvalue weighted by molar-refractivity contribution is 6.30. The number of fused-ring (bicyclic) bond motifs is 1. The van der Waals surface area contributed by atoms with Crippen LogP contribution in [0.1, 0.15) is 6.92 Å². The molecule has 0 aromatic heterocycles. The van der Waals surface area contributed by atoms with Crippen LogP contribution in [0, 0.1) is 0 Å². The van der Waals surface area contributed by atoms with Gasteiger partial charge in [-0.2, -0.15) is 0 Å². The van der Waals surface area contributed by atoms with Crippen molar-refractivity contribution < 1.29 is 14.3 Å². The SMILES string of the molecule is CCOC(=O)C1CN(C)c2ccc(Cl)cc2O1. The standard InChI is InChI=1S/C12H14ClNO3/c1-3-16-12(15)11-7-14(2)9-5-4-8(13)6-10(9)17-11/h4-6,11H,3,7H2,1-2H3. The molecule has 0 spiro atoms. The minimum Gasteiger partial charge on any atom is -0.475 e. The number of carbonyl (C=O) groups is 1. The Kier molecular flexibility index (Phi) is 3.43. The predicted molar refractivity (Wildman–Crippen MR) is 65.8 cm³/mol. The minimum absolute atomic E-state index is 0.343. The molecule has 5 heteroatoms. The van der Waals surface area contributed by atoms with E-state index in [-0.39, 0.29) is 5.97 Å². The minimum atomic E-state index is -0.592. The Hall–Kier alpha value is -1.42. The lowest BCUT2D eigenvalue weighted by Crippen LogP contribution is -2.43. The summed E-state index contributed by atoms with van der Waals surface area (Å²) < 4.78 is 10.5. The molecular weight excluding hydrogens is 242 g/mol. The van der Waals surface area contributed by atoms with Gasteiger partial charge >= 0.3 is 5.97 Å². The Balaban J connectivity index is 2.22. The molecule has 0 aliphatic carbocycles. The third-order valence-corrected chi connectivity index (χ3v) is 2.83. The van der Waals surface area contributed by atoms with Crippen LogP contribution in [0.3, 0.4) is 0 Å². The van der Waals surface area contributed by atoms with Gasteiger partial charge in [0.15, 0.2) is 0 Å². The first-order chi connectivity index (χ1) is 8.11. The van der Waals surface area contributed by atoms with Crippen molar-refractivity contribution in [3.8, 4) is 5.75 Å². The second kappa shape index (κ2) is 4.84. The van der Waals surface area contributed by atoms with E-state index in [2.05, 4.69) is 0 Å². The van der Waals surface area contributed by atoms with Crippen molar-refractivity contribution in [3.05, 3.63) is 23.2 Å². The quantitative estimate of drug-likeness (QED) is 0.759. The topological polar surface area (TPSA) is 38.8 Å². The molecule has 1 aromatic carbocycles. The molecule has 1 heterocycles. The van der Waals surface area contributed by atoms with Crippen LogP contribution >= 0.6 is 11.6 Å². The summed E-state index contributed by atoms with van der Waals surface area (Å²) in [5.74, 6) is 0.272. The van der Waals surface area contributed by atoms with Crippen LogP contribution in [-0.4, -0.2) is 32.3 Å². The number of halogens is 1. The molecule has 0 bridgehead atoms. The van der Waals surface area contributed by atoms with E-state index in [0.717, 1.165) is 5.69 Å². The van der Waals surface area contributed by atoms with E-state index in [0.29, 0.717) is 23.9 Å². The van der Waals surface area contributed by atoms with Crippen LogP contribution in [0.15, 0.2) is 18.2 Å². The molecule has 1 aliphatic rings.